The summed E-state index contributed by atoms with van der Waals surface area (Å²) < 4.78 is 7.92. The molecule has 4 heteroatoms. The van der Waals surface area contributed by atoms with Gasteiger partial charge < -0.3 is 14.2 Å². The van der Waals surface area contributed by atoms with Crippen LogP contribution in [-0.4, -0.2) is 41.7 Å². The van der Waals surface area contributed by atoms with Gasteiger partial charge in [-0.1, -0.05) is 6.07 Å². The molecule has 0 N–H and O–H groups in total. The molecule has 1 aromatic heterocycles. The summed E-state index contributed by atoms with van der Waals surface area (Å²) in [5, 5.41) is 1.28. The minimum Gasteiger partial charge on any atom is -0.379 e. The first-order chi connectivity index (χ1) is 11.7. The molecule has 0 radical (unpaired) electrons. The standard InChI is InChI=1S/C20H26N2O2/c1-21-7-6-18-11-16(4-5-19(18)21)10-17-13-22(8-9-24-14-17)20(23)12-15-2-3-15/h4-7,11,15,17H,2-3,8-10,12-14H2,1H3. The fraction of sp³-hybridized carbons (Fsp3) is 0.550. The molecule has 128 valence electrons. The van der Waals surface area contributed by atoms with Crippen LogP contribution in [0.1, 0.15) is 24.8 Å². The predicted molar refractivity (Wildman–Crippen MR) is 94.9 cm³/mol. The van der Waals surface area contributed by atoms with Crippen molar-refractivity contribution in [2.24, 2.45) is 18.9 Å². The van der Waals surface area contributed by atoms with E-state index in [0.717, 1.165) is 32.5 Å². The van der Waals surface area contributed by atoms with Gasteiger partial charge in [0.2, 0.25) is 5.91 Å². The number of ether oxygens (including phenoxy) is 1. The molecule has 1 aliphatic carbocycles. The van der Waals surface area contributed by atoms with Crippen molar-refractivity contribution in [3.8, 4) is 0 Å². The van der Waals surface area contributed by atoms with Gasteiger partial charge in [0, 0.05) is 44.2 Å². The van der Waals surface area contributed by atoms with E-state index < -0.39 is 0 Å². The lowest BCUT2D eigenvalue weighted by molar-refractivity contribution is -0.132. The summed E-state index contributed by atoms with van der Waals surface area (Å²) >= 11 is 0. The zero-order valence-electron chi connectivity index (χ0n) is 14.4. The summed E-state index contributed by atoms with van der Waals surface area (Å²) in [6.07, 6.45) is 6.27. The molecule has 1 saturated carbocycles. The average Bonchev–Trinajstić information content (AvgIpc) is 3.35. The minimum absolute atomic E-state index is 0.325. The molecule has 1 aromatic carbocycles. The molecule has 24 heavy (non-hydrogen) atoms. The zero-order valence-corrected chi connectivity index (χ0v) is 14.4. The quantitative estimate of drug-likeness (QED) is 0.866. The van der Waals surface area contributed by atoms with Crippen LogP contribution in [0, 0.1) is 11.8 Å². The molecular formula is C20H26N2O2. The number of hydrogen-bond donors (Lipinski definition) is 0. The SMILES string of the molecule is Cn1ccc2cc(CC3COCCN(C(=O)CC4CC4)C3)ccc21. The number of nitrogens with zero attached hydrogens (tertiary/aromatic N) is 2. The van der Waals surface area contributed by atoms with Crippen LogP contribution in [-0.2, 0) is 23.0 Å². The van der Waals surface area contributed by atoms with Gasteiger partial charge in [-0.2, -0.15) is 0 Å². The Balaban J connectivity index is 1.43. The number of aromatic nitrogens is 1. The molecule has 1 amide bonds. The maximum atomic E-state index is 12.4. The summed E-state index contributed by atoms with van der Waals surface area (Å²) in [5.41, 5.74) is 2.59. The van der Waals surface area contributed by atoms with Crippen molar-refractivity contribution in [2.75, 3.05) is 26.3 Å². The Kier molecular flexibility index (Phi) is 4.31. The predicted octanol–water partition coefficient (Wildman–Crippen LogP) is 3.00. The van der Waals surface area contributed by atoms with E-state index in [1.165, 1.54) is 29.3 Å². The smallest absolute Gasteiger partial charge is 0.222 e. The molecule has 1 unspecified atom stereocenters. The molecule has 2 aliphatic rings. The number of carbonyl (C=O) groups excluding carboxylic acids is 1. The summed E-state index contributed by atoms with van der Waals surface area (Å²) in [4.78, 5) is 14.5. The van der Waals surface area contributed by atoms with Crippen molar-refractivity contribution >= 4 is 16.8 Å². The van der Waals surface area contributed by atoms with E-state index in [-0.39, 0.29) is 0 Å². The minimum atomic E-state index is 0.325. The number of amides is 1. The monoisotopic (exact) mass is 326 g/mol. The highest BCUT2D eigenvalue weighted by Crippen LogP contribution is 2.33. The van der Waals surface area contributed by atoms with Crippen molar-refractivity contribution in [2.45, 2.75) is 25.7 Å². The number of hydrogen-bond acceptors (Lipinski definition) is 2. The van der Waals surface area contributed by atoms with Gasteiger partial charge in [-0.05, 0) is 54.3 Å². The molecule has 4 nitrogen and oxygen atoms in total. The van der Waals surface area contributed by atoms with E-state index in [1.807, 2.05) is 4.90 Å². The fourth-order valence-corrected chi connectivity index (χ4v) is 3.72. The second kappa shape index (κ2) is 6.60. The number of fused-ring (bicyclic) bond motifs is 1. The Morgan fingerprint density at radius 1 is 1.25 bits per heavy atom. The van der Waals surface area contributed by atoms with Gasteiger partial charge in [-0.3, -0.25) is 4.79 Å². The van der Waals surface area contributed by atoms with Gasteiger partial charge in [0.25, 0.3) is 0 Å². The van der Waals surface area contributed by atoms with Crippen LogP contribution in [0.4, 0.5) is 0 Å². The second-order valence-electron chi connectivity index (χ2n) is 7.45. The van der Waals surface area contributed by atoms with Crippen LogP contribution in [0.3, 0.4) is 0 Å². The first-order valence-corrected chi connectivity index (χ1v) is 9.08. The maximum Gasteiger partial charge on any atom is 0.222 e. The molecule has 2 aromatic rings. The largest absolute Gasteiger partial charge is 0.379 e. The third-order valence-electron chi connectivity index (χ3n) is 5.32. The fourth-order valence-electron chi connectivity index (χ4n) is 3.72. The first-order valence-electron chi connectivity index (χ1n) is 9.08. The van der Waals surface area contributed by atoms with Crippen LogP contribution < -0.4 is 0 Å². The van der Waals surface area contributed by atoms with Gasteiger partial charge >= 0.3 is 0 Å². The van der Waals surface area contributed by atoms with Crippen LogP contribution in [0.2, 0.25) is 0 Å². The van der Waals surface area contributed by atoms with Crippen molar-refractivity contribution in [3.05, 3.63) is 36.0 Å². The number of carbonyl (C=O) groups is 1. The zero-order chi connectivity index (χ0) is 16.5. The normalized spacial score (nSPS) is 21.9. The van der Waals surface area contributed by atoms with E-state index in [1.54, 1.807) is 0 Å². The molecule has 1 saturated heterocycles. The second-order valence-corrected chi connectivity index (χ2v) is 7.45. The van der Waals surface area contributed by atoms with E-state index in [2.05, 4.69) is 42.1 Å². The molecule has 4 rings (SSSR count). The lowest BCUT2D eigenvalue weighted by Crippen LogP contribution is -2.36. The van der Waals surface area contributed by atoms with Crippen LogP contribution in [0.25, 0.3) is 10.9 Å². The van der Waals surface area contributed by atoms with E-state index in [9.17, 15) is 4.79 Å². The molecule has 2 fully saturated rings. The van der Waals surface area contributed by atoms with E-state index in [0.29, 0.717) is 24.3 Å². The summed E-state index contributed by atoms with van der Waals surface area (Å²) in [6.45, 7) is 3.00. The molecule has 1 atom stereocenters. The number of benzene rings is 1. The average molecular weight is 326 g/mol. The number of aryl methyl sites for hydroxylation is 1. The summed E-state index contributed by atoms with van der Waals surface area (Å²) in [5.74, 6) is 1.36. The highest BCUT2D eigenvalue weighted by molar-refractivity contribution is 5.80. The molecule has 2 heterocycles. The summed E-state index contributed by atoms with van der Waals surface area (Å²) in [6, 6.07) is 8.84. The maximum absolute atomic E-state index is 12.4. The molecule has 0 spiro atoms. The third-order valence-corrected chi connectivity index (χ3v) is 5.32. The first kappa shape index (κ1) is 15.7. The Bertz CT molecular complexity index is 732. The Labute approximate surface area is 143 Å². The highest BCUT2D eigenvalue weighted by Gasteiger charge is 2.29. The molecular weight excluding hydrogens is 300 g/mol. The van der Waals surface area contributed by atoms with Gasteiger partial charge in [-0.25, -0.2) is 0 Å². The topological polar surface area (TPSA) is 34.5 Å². The van der Waals surface area contributed by atoms with E-state index in [4.69, 9.17) is 4.74 Å². The van der Waals surface area contributed by atoms with Crippen molar-refractivity contribution in [1.82, 2.24) is 9.47 Å². The Morgan fingerprint density at radius 2 is 2.12 bits per heavy atom. The highest BCUT2D eigenvalue weighted by atomic mass is 16.5. The molecule has 1 aliphatic heterocycles. The van der Waals surface area contributed by atoms with E-state index >= 15 is 0 Å². The van der Waals surface area contributed by atoms with Crippen LogP contribution >= 0.6 is 0 Å². The van der Waals surface area contributed by atoms with Gasteiger partial charge in [-0.15, -0.1) is 0 Å². The van der Waals surface area contributed by atoms with Gasteiger partial charge in [0.15, 0.2) is 0 Å². The summed E-state index contributed by atoms with van der Waals surface area (Å²) in [7, 11) is 2.07. The Hall–Kier alpha value is -1.81. The van der Waals surface area contributed by atoms with Gasteiger partial charge in [0.05, 0.1) is 13.2 Å². The van der Waals surface area contributed by atoms with Crippen molar-refractivity contribution in [1.29, 1.82) is 0 Å². The lowest BCUT2D eigenvalue weighted by atomic mass is 9.98. The van der Waals surface area contributed by atoms with Crippen molar-refractivity contribution < 1.29 is 9.53 Å². The van der Waals surface area contributed by atoms with Crippen LogP contribution in [0.15, 0.2) is 30.5 Å². The Morgan fingerprint density at radius 3 is 2.96 bits per heavy atom. The van der Waals surface area contributed by atoms with Gasteiger partial charge in [0.1, 0.15) is 0 Å². The van der Waals surface area contributed by atoms with Crippen LogP contribution in [0.5, 0.6) is 0 Å². The number of rotatable bonds is 4. The molecule has 0 bridgehead atoms. The third kappa shape index (κ3) is 3.48. The lowest BCUT2D eigenvalue weighted by Gasteiger charge is -2.24. The van der Waals surface area contributed by atoms with Crippen molar-refractivity contribution in [3.63, 3.8) is 0 Å².